The van der Waals surface area contributed by atoms with Crippen molar-refractivity contribution in [2.75, 3.05) is 5.32 Å². The molecule has 1 aromatic heterocycles. The Morgan fingerprint density at radius 1 is 1.31 bits per heavy atom. The number of rotatable bonds is 5. The van der Waals surface area contributed by atoms with E-state index in [1.165, 1.54) is 16.7 Å². The fourth-order valence-electron chi connectivity index (χ4n) is 2.38. The number of nitrogens with one attached hydrogen (secondary N) is 2. The zero-order valence-electron chi connectivity index (χ0n) is 13.5. The van der Waals surface area contributed by atoms with E-state index < -0.39 is 23.2 Å². The Morgan fingerprint density at radius 2 is 1.92 bits per heavy atom. The Hall–Kier alpha value is -2.61. The van der Waals surface area contributed by atoms with Gasteiger partial charge in [0.1, 0.15) is 16.5 Å². The van der Waals surface area contributed by atoms with Gasteiger partial charge in [-0.2, -0.15) is 13.2 Å². The molecule has 0 unspecified atom stereocenters. The second kappa shape index (κ2) is 7.74. The zero-order chi connectivity index (χ0) is 19.5. The van der Waals surface area contributed by atoms with Gasteiger partial charge in [-0.3, -0.25) is 4.79 Å². The highest BCUT2D eigenvalue weighted by molar-refractivity contribution is 6.30. The van der Waals surface area contributed by atoms with Gasteiger partial charge in [0.2, 0.25) is 0 Å². The summed E-state index contributed by atoms with van der Waals surface area (Å²) in [5.74, 6) is -0.526. The van der Waals surface area contributed by atoms with Crippen LogP contribution in [-0.2, 0) is 6.54 Å². The van der Waals surface area contributed by atoms with Crippen molar-refractivity contribution >= 4 is 23.5 Å². The van der Waals surface area contributed by atoms with Crippen molar-refractivity contribution in [3.05, 3.63) is 63.3 Å². The van der Waals surface area contributed by atoms with Gasteiger partial charge in [-0.15, -0.1) is 0 Å². The minimum atomic E-state index is -4.75. The van der Waals surface area contributed by atoms with Crippen LogP contribution < -0.4 is 10.9 Å². The number of hydrogen-bond donors (Lipinski definition) is 2. The quantitative estimate of drug-likeness (QED) is 0.570. The lowest BCUT2D eigenvalue weighted by Gasteiger charge is -2.20. The number of alkyl halides is 3. The molecule has 0 fully saturated rings. The monoisotopic (exact) mass is 387 g/mol. The smallest absolute Gasteiger partial charge is 0.350 e. The van der Waals surface area contributed by atoms with Crippen molar-refractivity contribution in [1.82, 2.24) is 4.57 Å². The molecule has 0 saturated heterocycles. The number of allylic oxidation sites excluding steroid dienone is 2. The van der Waals surface area contributed by atoms with Gasteiger partial charge in [0.15, 0.2) is 0 Å². The van der Waals surface area contributed by atoms with Gasteiger partial charge >= 0.3 is 6.18 Å². The maximum atomic E-state index is 13.2. The summed E-state index contributed by atoms with van der Waals surface area (Å²) in [5, 5.41) is 8.83. The summed E-state index contributed by atoms with van der Waals surface area (Å²) in [7, 11) is 0. The highest BCUT2D eigenvalue weighted by atomic mass is 35.5. The average molecular weight is 388 g/mol. The number of halogens is 5. The summed E-state index contributed by atoms with van der Waals surface area (Å²) in [4.78, 5) is 12.3. The molecule has 0 aliphatic carbocycles. The number of pyridine rings is 1. The van der Waals surface area contributed by atoms with Crippen LogP contribution in [0.2, 0.25) is 5.02 Å². The molecule has 2 aromatic rings. The minimum Gasteiger partial charge on any atom is -0.350 e. The van der Waals surface area contributed by atoms with Crippen molar-refractivity contribution in [3.63, 3.8) is 0 Å². The van der Waals surface area contributed by atoms with E-state index in [1.807, 2.05) is 0 Å². The SMILES string of the molecule is CCn1c(-c2ccc(F)cc2)c(N/C(=C\C=N)C(F)(F)F)cc(Cl)c1=O. The molecule has 0 radical (unpaired) electrons. The predicted octanol–water partition coefficient (Wildman–Crippen LogP) is 4.84. The zero-order valence-corrected chi connectivity index (χ0v) is 14.2. The van der Waals surface area contributed by atoms with Gasteiger partial charge in [-0.05, 0) is 43.3 Å². The first-order valence-corrected chi connectivity index (χ1v) is 7.81. The number of hydrogen-bond acceptors (Lipinski definition) is 3. The second-order valence-electron chi connectivity index (χ2n) is 5.18. The Morgan fingerprint density at radius 3 is 2.42 bits per heavy atom. The van der Waals surface area contributed by atoms with Crippen LogP contribution >= 0.6 is 11.6 Å². The first-order chi connectivity index (χ1) is 12.2. The Balaban J connectivity index is 2.74. The Bertz CT molecular complexity index is 902. The van der Waals surface area contributed by atoms with Gasteiger partial charge in [0.05, 0.1) is 11.4 Å². The largest absolute Gasteiger partial charge is 0.431 e. The molecule has 0 spiro atoms. The van der Waals surface area contributed by atoms with E-state index in [9.17, 15) is 22.4 Å². The van der Waals surface area contributed by atoms with E-state index in [2.05, 4.69) is 5.32 Å². The van der Waals surface area contributed by atoms with Crippen molar-refractivity contribution < 1.29 is 17.6 Å². The van der Waals surface area contributed by atoms with Gasteiger partial charge in [-0.25, -0.2) is 4.39 Å². The van der Waals surface area contributed by atoms with E-state index in [1.54, 1.807) is 6.92 Å². The van der Waals surface area contributed by atoms with Crippen molar-refractivity contribution in [2.45, 2.75) is 19.6 Å². The fourth-order valence-corrected chi connectivity index (χ4v) is 2.60. The molecule has 1 aromatic carbocycles. The summed E-state index contributed by atoms with van der Waals surface area (Å²) in [6, 6.07) is 6.05. The fraction of sp³-hybridized carbons (Fsp3) is 0.176. The number of aromatic nitrogens is 1. The molecule has 2 N–H and O–H groups in total. The molecule has 138 valence electrons. The number of anilines is 1. The van der Waals surface area contributed by atoms with Crippen molar-refractivity contribution in [3.8, 4) is 11.3 Å². The maximum Gasteiger partial charge on any atom is 0.431 e. The van der Waals surface area contributed by atoms with Crippen molar-refractivity contribution in [2.24, 2.45) is 0 Å². The van der Waals surface area contributed by atoms with Crippen LogP contribution in [0.3, 0.4) is 0 Å². The summed E-state index contributed by atoms with van der Waals surface area (Å²) in [5.41, 5.74) is -1.41. The van der Waals surface area contributed by atoms with Crippen LogP contribution in [0.5, 0.6) is 0 Å². The van der Waals surface area contributed by atoms with Crippen molar-refractivity contribution in [1.29, 1.82) is 5.41 Å². The first-order valence-electron chi connectivity index (χ1n) is 7.43. The summed E-state index contributed by atoms with van der Waals surface area (Å²) in [6.07, 6.45) is -3.72. The molecule has 0 aliphatic rings. The molecule has 2 rings (SSSR count). The Kier molecular flexibility index (Phi) is 5.86. The minimum absolute atomic E-state index is 0.0894. The molecule has 1 heterocycles. The summed E-state index contributed by atoms with van der Waals surface area (Å²) >= 11 is 5.88. The molecular formula is C17H14ClF4N3O. The summed E-state index contributed by atoms with van der Waals surface area (Å²) in [6.45, 7) is 1.77. The van der Waals surface area contributed by atoms with Crippen LogP contribution in [0.15, 0.2) is 46.9 Å². The third-order valence-electron chi connectivity index (χ3n) is 3.50. The van der Waals surface area contributed by atoms with Crippen LogP contribution in [0.1, 0.15) is 6.92 Å². The third-order valence-corrected chi connectivity index (χ3v) is 3.77. The molecule has 26 heavy (non-hydrogen) atoms. The van der Waals surface area contributed by atoms with E-state index in [4.69, 9.17) is 17.0 Å². The van der Waals surface area contributed by atoms with Crippen LogP contribution in [0.4, 0.5) is 23.2 Å². The molecule has 9 heteroatoms. The first kappa shape index (κ1) is 19.7. The van der Waals surface area contributed by atoms with E-state index in [0.717, 1.165) is 18.2 Å². The maximum absolute atomic E-state index is 13.2. The molecule has 0 atom stereocenters. The van der Waals surface area contributed by atoms with Gasteiger partial charge in [0, 0.05) is 18.3 Å². The van der Waals surface area contributed by atoms with Crippen LogP contribution in [0, 0.1) is 11.2 Å². The summed E-state index contributed by atoms with van der Waals surface area (Å²) < 4.78 is 53.9. The van der Waals surface area contributed by atoms with Gasteiger partial charge in [0.25, 0.3) is 5.56 Å². The predicted molar refractivity (Wildman–Crippen MR) is 93.3 cm³/mol. The molecular weight excluding hydrogens is 374 g/mol. The highest BCUT2D eigenvalue weighted by Gasteiger charge is 2.34. The van der Waals surface area contributed by atoms with Gasteiger partial charge < -0.3 is 15.3 Å². The van der Waals surface area contributed by atoms with Crippen LogP contribution in [-0.4, -0.2) is 17.0 Å². The molecule has 0 amide bonds. The average Bonchev–Trinajstić information content (AvgIpc) is 2.57. The second-order valence-corrected chi connectivity index (χ2v) is 5.59. The van der Waals surface area contributed by atoms with E-state index in [-0.39, 0.29) is 22.9 Å². The van der Waals surface area contributed by atoms with Gasteiger partial charge in [-0.1, -0.05) is 11.6 Å². The lowest BCUT2D eigenvalue weighted by Crippen LogP contribution is -2.25. The Labute approximate surface area is 151 Å². The van der Waals surface area contributed by atoms with E-state index in [0.29, 0.717) is 17.9 Å². The molecule has 4 nitrogen and oxygen atoms in total. The molecule has 0 saturated carbocycles. The lowest BCUT2D eigenvalue weighted by atomic mass is 10.1. The van der Waals surface area contributed by atoms with Crippen LogP contribution in [0.25, 0.3) is 11.3 Å². The highest BCUT2D eigenvalue weighted by Crippen LogP contribution is 2.33. The molecule has 0 aliphatic heterocycles. The molecule has 0 bridgehead atoms. The van der Waals surface area contributed by atoms with E-state index >= 15 is 0 Å². The number of benzene rings is 1. The normalized spacial score (nSPS) is 12.2. The number of nitrogens with zero attached hydrogens (tertiary/aromatic N) is 1. The topological polar surface area (TPSA) is 57.9 Å². The lowest BCUT2D eigenvalue weighted by molar-refractivity contribution is -0.0901. The third kappa shape index (κ3) is 4.13. The standard InChI is InChI=1S/C17H14ClF4N3O/c1-2-25-15(10-3-5-11(19)6-4-10)13(9-12(18)16(25)26)24-14(7-8-23)17(20,21)22/h3-9,23-24H,2H2,1H3/b14-7-,23-8?.